The van der Waals surface area contributed by atoms with Gasteiger partial charge in [-0.25, -0.2) is 8.42 Å². The van der Waals surface area contributed by atoms with Gasteiger partial charge in [-0.05, 0) is 63.3 Å². The van der Waals surface area contributed by atoms with E-state index in [1.807, 2.05) is 68.1 Å². The van der Waals surface area contributed by atoms with Gasteiger partial charge in [0.2, 0.25) is 15.9 Å². The van der Waals surface area contributed by atoms with E-state index in [2.05, 4.69) is 5.32 Å². The van der Waals surface area contributed by atoms with Crippen molar-refractivity contribution in [3.63, 3.8) is 0 Å². The molecule has 0 saturated carbocycles. The Balaban J connectivity index is 1.35. The molecule has 1 atom stereocenters. The second kappa shape index (κ2) is 9.24. The van der Waals surface area contributed by atoms with Crippen LogP contribution < -0.4 is 5.32 Å². The molecule has 2 aromatic rings. The summed E-state index contributed by atoms with van der Waals surface area (Å²) in [6, 6.07) is 14.2. The molecule has 1 amide bonds. The maximum atomic E-state index is 13.3. The van der Waals surface area contributed by atoms with E-state index >= 15 is 0 Å². The number of carbonyl (C=O) groups is 1. The fraction of sp³-hybridized carbons (Fsp3) is 0.480. The summed E-state index contributed by atoms with van der Waals surface area (Å²) in [7, 11) is -3.55. The fourth-order valence-electron chi connectivity index (χ4n) is 5.15. The summed E-state index contributed by atoms with van der Waals surface area (Å²) < 4.78 is 28.2. The predicted molar refractivity (Wildman–Crippen MR) is 127 cm³/mol. The predicted octanol–water partition coefficient (Wildman–Crippen LogP) is 3.73. The van der Waals surface area contributed by atoms with Crippen molar-refractivity contribution in [3.8, 4) is 0 Å². The second-order valence-electron chi connectivity index (χ2n) is 9.19. The summed E-state index contributed by atoms with van der Waals surface area (Å²) in [5, 5.41) is 3.51. The standard InChI is InChI=1S/C25H33N3O3S/c1-18-15-19(2)24(20(3)16-18)32(30,31)28-13-9-21(10-14-28)25(29)27-12-11-23(17-27)26-22-7-5-4-6-8-22/h4-8,15-16,21,23,26H,9-14,17H2,1-3H3. The molecular weight excluding hydrogens is 422 g/mol. The minimum Gasteiger partial charge on any atom is -0.380 e. The number of nitrogens with one attached hydrogen (secondary N) is 1. The molecule has 0 aliphatic carbocycles. The highest BCUT2D eigenvalue weighted by atomic mass is 32.2. The van der Waals surface area contributed by atoms with Crippen molar-refractivity contribution >= 4 is 21.6 Å². The van der Waals surface area contributed by atoms with Gasteiger partial charge in [-0.3, -0.25) is 4.79 Å². The topological polar surface area (TPSA) is 69.7 Å². The minimum absolute atomic E-state index is 0.0999. The Kier molecular flexibility index (Phi) is 6.58. The van der Waals surface area contributed by atoms with Crippen molar-refractivity contribution in [3.05, 3.63) is 59.2 Å². The molecule has 2 saturated heterocycles. The van der Waals surface area contributed by atoms with Gasteiger partial charge in [0.1, 0.15) is 0 Å². The highest BCUT2D eigenvalue weighted by molar-refractivity contribution is 7.89. The van der Waals surface area contributed by atoms with Crippen LogP contribution in [0.5, 0.6) is 0 Å². The number of carbonyl (C=O) groups excluding carboxylic acids is 1. The van der Waals surface area contributed by atoms with Crippen molar-refractivity contribution < 1.29 is 13.2 Å². The summed E-state index contributed by atoms with van der Waals surface area (Å²) in [6.45, 7) is 7.94. The van der Waals surface area contributed by atoms with Crippen molar-refractivity contribution in [2.24, 2.45) is 5.92 Å². The first-order chi connectivity index (χ1) is 15.3. The van der Waals surface area contributed by atoms with Gasteiger partial charge in [-0.15, -0.1) is 0 Å². The molecule has 4 rings (SSSR count). The Hall–Kier alpha value is -2.38. The van der Waals surface area contributed by atoms with E-state index in [-0.39, 0.29) is 17.9 Å². The molecule has 0 spiro atoms. The molecule has 2 heterocycles. The Morgan fingerprint density at radius 3 is 2.19 bits per heavy atom. The number of hydrogen-bond acceptors (Lipinski definition) is 4. The smallest absolute Gasteiger partial charge is 0.243 e. The minimum atomic E-state index is -3.55. The van der Waals surface area contributed by atoms with Gasteiger partial charge in [-0.2, -0.15) is 4.31 Å². The number of aryl methyl sites for hydroxylation is 3. The Bertz CT molecular complexity index is 1050. The van der Waals surface area contributed by atoms with E-state index < -0.39 is 10.0 Å². The van der Waals surface area contributed by atoms with E-state index in [0.717, 1.165) is 35.3 Å². The van der Waals surface area contributed by atoms with Crippen LogP contribution in [0.3, 0.4) is 0 Å². The molecule has 0 radical (unpaired) electrons. The van der Waals surface area contributed by atoms with E-state index in [0.29, 0.717) is 37.4 Å². The van der Waals surface area contributed by atoms with Crippen LogP contribution in [0.1, 0.15) is 36.0 Å². The van der Waals surface area contributed by atoms with Gasteiger partial charge in [-0.1, -0.05) is 35.9 Å². The van der Waals surface area contributed by atoms with Gasteiger partial charge in [0, 0.05) is 43.8 Å². The largest absolute Gasteiger partial charge is 0.380 e. The normalized spacial score (nSPS) is 20.5. The van der Waals surface area contributed by atoms with Gasteiger partial charge < -0.3 is 10.2 Å². The van der Waals surface area contributed by atoms with Gasteiger partial charge in [0.15, 0.2) is 0 Å². The molecule has 6 nitrogen and oxygen atoms in total. The van der Waals surface area contributed by atoms with Crippen LogP contribution >= 0.6 is 0 Å². The number of para-hydroxylation sites is 1. The summed E-state index contributed by atoms with van der Waals surface area (Å²) in [5.41, 5.74) is 3.71. The number of amides is 1. The number of rotatable bonds is 5. The first-order valence-corrected chi connectivity index (χ1v) is 12.9. The Morgan fingerprint density at radius 1 is 0.938 bits per heavy atom. The van der Waals surface area contributed by atoms with Crippen molar-refractivity contribution in [2.45, 2.75) is 51.0 Å². The van der Waals surface area contributed by atoms with Crippen LogP contribution in [0.4, 0.5) is 5.69 Å². The van der Waals surface area contributed by atoms with Crippen LogP contribution in [-0.2, 0) is 14.8 Å². The molecule has 0 bridgehead atoms. The van der Waals surface area contributed by atoms with Crippen LogP contribution in [-0.4, -0.2) is 55.8 Å². The highest BCUT2D eigenvalue weighted by Crippen LogP contribution is 2.30. The number of benzene rings is 2. The van der Waals surface area contributed by atoms with Crippen molar-refractivity contribution in [1.82, 2.24) is 9.21 Å². The average Bonchev–Trinajstić information content (AvgIpc) is 3.21. The number of anilines is 1. The summed E-state index contributed by atoms with van der Waals surface area (Å²) >= 11 is 0. The molecular formula is C25H33N3O3S. The number of nitrogens with zero attached hydrogens (tertiary/aromatic N) is 2. The lowest BCUT2D eigenvalue weighted by molar-refractivity contribution is -0.135. The highest BCUT2D eigenvalue weighted by Gasteiger charge is 2.36. The summed E-state index contributed by atoms with van der Waals surface area (Å²) in [5.74, 6) is 0.0687. The third kappa shape index (κ3) is 4.69. The quantitative estimate of drug-likeness (QED) is 0.746. The number of likely N-dealkylation sites (tertiary alicyclic amines) is 1. The van der Waals surface area contributed by atoms with E-state index in [1.54, 1.807) is 4.31 Å². The zero-order valence-electron chi connectivity index (χ0n) is 19.2. The first kappa shape index (κ1) is 22.8. The van der Waals surface area contributed by atoms with Crippen LogP contribution in [0.2, 0.25) is 0 Å². The van der Waals surface area contributed by atoms with Crippen LogP contribution in [0, 0.1) is 26.7 Å². The number of piperidine rings is 1. The molecule has 172 valence electrons. The zero-order chi connectivity index (χ0) is 22.9. The van der Waals surface area contributed by atoms with Gasteiger partial charge >= 0.3 is 0 Å². The fourth-order valence-corrected chi connectivity index (χ4v) is 7.03. The monoisotopic (exact) mass is 455 g/mol. The molecule has 2 fully saturated rings. The molecule has 0 aromatic heterocycles. The first-order valence-electron chi connectivity index (χ1n) is 11.4. The van der Waals surface area contributed by atoms with Crippen molar-refractivity contribution in [2.75, 3.05) is 31.5 Å². The third-order valence-corrected chi connectivity index (χ3v) is 8.86. The summed E-state index contributed by atoms with van der Waals surface area (Å²) in [4.78, 5) is 15.5. The molecule has 1 N–H and O–H groups in total. The molecule has 1 unspecified atom stereocenters. The lowest BCUT2D eigenvalue weighted by atomic mass is 9.96. The maximum Gasteiger partial charge on any atom is 0.243 e. The Labute approximate surface area is 191 Å². The molecule has 32 heavy (non-hydrogen) atoms. The number of sulfonamides is 1. The number of hydrogen-bond donors (Lipinski definition) is 1. The summed E-state index contributed by atoms with van der Waals surface area (Å²) in [6.07, 6.45) is 2.09. The van der Waals surface area contributed by atoms with E-state index in [9.17, 15) is 13.2 Å². The van der Waals surface area contributed by atoms with E-state index in [1.165, 1.54) is 0 Å². The van der Waals surface area contributed by atoms with Crippen LogP contribution in [0.25, 0.3) is 0 Å². The van der Waals surface area contributed by atoms with Gasteiger partial charge in [0.25, 0.3) is 0 Å². The molecule has 2 aromatic carbocycles. The molecule has 7 heteroatoms. The van der Waals surface area contributed by atoms with Gasteiger partial charge in [0.05, 0.1) is 4.90 Å². The van der Waals surface area contributed by atoms with Crippen molar-refractivity contribution in [1.29, 1.82) is 0 Å². The van der Waals surface area contributed by atoms with Crippen LogP contribution in [0.15, 0.2) is 47.4 Å². The molecule has 2 aliphatic heterocycles. The lowest BCUT2D eigenvalue weighted by Gasteiger charge is -2.33. The van der Waals surface area contributed by atoms with E-state index in [4.69, 9.17) is 0 Å². The SMILES string of the molecule is Cc1cc(C)c(S(=O)(=O)N2CCC(C(=O)N3CCC(Nc4ccccc4)C3)CC2)c(C)c1. The second-order valence-corrected chi connectivity index (χ2v) is 11.1. The zero-order valence-corrected chi connectivity index (χ0v) is 20.0. The maximum absolute atomic E-state index is 13.3. The lowest BCUT2D eigenvalue weighted by Crippen LogP contribution is -2.44. The molecule has 2 aliphatic rings. The Morgan fingerprint density at radius 2 is 1.56 bits per heavy atom. The third-order valence-electron chi connectivity index (χ3n) is 6.65. The average molecular weight is 456 g/mol.